The number of methoxy groups -OCH3 is 2. The first-order chi connectivity index (χ1) is 19.3. The summed E-state index contributed by atoms with van der Waals surface area (Å²) in [6, 6.07) is 12.9. The molecule has 3 saturated heterocycles. The van der Waals surface area contributed by atoms with E-state index in [1.807, 2.05) is 47.4 Å². The van der Waals surface area contributed by atoms with Crippen LogP contribution >= 0.6 is 11.6 Å². The lowest BCUT2D eigenvalue weighted by atomic mass is 9.77. The van der Waals surface area contributed by atoms with E-state index in [9.17, 15) is 27.6 Å². The Kier molecular flexibility index (Phi) is 8.38. The van der Waals surface area contributed by atoms with E-state index in [-0.39, 0.29) is 18.4 Å². The van der Waals surface area contributed by atoms with Crippen LogP contribution in [0.3, 0.4) is 0 Å². The number of carboxylic acids is 1. The molecule has 3 heterocycles. The van der Waals surface area contributed by atoms with Gasteiger partial charge in [0.15, 0.2) is 0 Å². The summed E-state index contributed by atoms with van der Waals surface area (Å²) in [6.07, 6.45) is -3.84. The molecule has 2 aromatic carbocycles. The predicted molar refractivity (Wildman–Crippen MR) is 140 cm³/mol. The number of carbonyl (C=O) groups is 4. The minimum absolute atomic E-state index is 0.224. The molecule has 0 radical (unpaired) electrons. The minimum Gasteiger partial charge on any atom is -0.496 e. The highest BCUT2D eigenvalue weighted by Gasteiger charge is 2.73. The van der Waals surface area contributed by atoms with E-state index in [2.05, 4.69) is 0 Å². The maximum atomic E-state index is 13.5. The third-order valence-electron chi connectivity index (χ3n) is 7.90. The molecule has 220 valence electrons. The Hall–Kier alpha value is -3.64. The minimum atomic E-state index is -5.08. The molecule has 2 aromatic rings. The summed E-state index contributed by atoms with van der Waals surface area (Å²) in [6.45, 7) is 2.68. The fraction of sp³-hybridized carbons (Fsp3) is 0.429. The summed E-state index contributed by atoms with van der Waals surface area (Å²) >= 11 is 6.20. The highest BCUT2D eigenvalue weighted by atomic mass is 35.5. The van der Waals surface area contributed by atoms with E-state index in [0.29, 0.717) is 23.7 Å². The molecule has 3 unspecified atom stereocenters. The molecule has 9 nitrogen and oxygen atoms in total. The summed E-state index contributed by atoms with van der Waals surface area (Å²) in [5.41, 5.74) is 1.49. The topological polar surface area (TPSA) is 113 Å². The Morgan fingerprint density at radius 2 is 1.80 bits per heavy atom. The number of carbonyl (C=O) groups excluding carboxylic acids is 3. The van der Waals surface area contributed by atoms with E-state index in [4.69, 9.17) is 31.0 Å². The number of nitrogens with zero attached hydrogens (tertiary/aromatic N) is 2. The Morgan fingerprint density at radius 1 is 1.12 bits per heavy atom. The fourth-order valence-electron chi connectivity index (χ4n) is 6.36. The van der Waals surface area contributed by atoms with E-state index in [1.54, 1.807) is 14.0 Å². The van der Waals surface area contributed by atoms with Crippen molar-refractivity contribution in [3.05, 3.63) is 53.1 Å². The molecule has 2 amide bonds. The van der Waals surface area contributed by atoms with Crippen molar-refractivity contribution in [3.8, 4) is 16.9 Å². The molecular weight excluding hydrogens is 569 g/mol. The molecule has 41 heavy (non-hydrogen) atoms. The number of imide groups is 1. The van der Waals surface area contributed by atoms with Crippen LogP contribution in [0.25, 0.3) is 11.1 Å². The molecule has 0 aromatic heterocycles. The van der Waals surface area contributed by atoms with Gasteiger partial charge in [-0.2, -0.15) is 13.2 Å². The van der Waals surface area contributed by atoms with Gasteiger partial charge >= 0.3 is 18.1 Å². The zero-order valence-electron chi connectivity index (χ0n) is 22.4. The van der Waals surface area contributed by atoms with Gasteiger partial charge in [0.2, 0.25) is 11.8 Å². The SMILES string of the molecule is CCN1C(=O)C2C(c3ccc(-c4cccc(Cl)c4)c(OC)c3)N3CCC[C@@]3(C(=O)OC)C2C1=O.O=C(O)C(F)(F)F. The maximum Gasteiger partial charge on any atom is 0.490 e. The lowest BCUT2D eigenvalue weighted by Gasteiger charge is -2.36. The number of likely N-dealkylation sites (tertiary alicyclic amines) is 1. The number of hydrogen-bond donors (Lipinski definition) is 1. The van der Waals surface area contributed by atoms with Crippen molar-refractivity contribution < 1.29 is 46.9 Å². The molecule has 0 aliphatic carbocycles. The van der Waals surface area contributed by atoms with Crippen LogP contribution in [0.5, 0.6) is 5.75 Å². The molecule has 5 rings (SSSR count). The lowest BCUT2D eigenvalue weighted by molar-refractivity contribution is -0.192. The number of hydrogen-bond acceptors (Lipinski definition) is 7. The van der Waals surface area contributed by atoms with Gasteiger partial charge < -0.3 is 14.6 Å². The number of carboxylic acid groups (broad SMARTS) is 1. The van der Waals surface area contributed by atoms with Crippen LogP contribution in [0.15, 0.2) is 42.5 Å². The van der Waals surface area contributed by atoms with Crippen LogP contribution in [0.1, 0.15) is 31.4 Å². The largest absolute Gasteiger partial charge is 0.496 e. The number of fused-ring (bicyclic) bond motifs is 3. The first-order valence-electron chi connectivity index (χ1n) is 12.8. The summed E-state index contributed by atoms with van der Waals surface area (Å²) in [5.74, 6) is -4.46. The normalized spacial score (nSPS) is 25.3. The highest BCUT2D eigenvalue weighted by Crippen LogP contribution is 2.59. The second-order valence-electron chi connectivity index (χ2n) is 9.85. The van der Waals surface area contributed by atoms with Crippen molar-refractivity contribution >= 4 is 35.4 Å². The Bertz CT molecular complexity index is 1380. The average Bonchev–Trinajstić information content (AvgIpc) is 3.56. The van der Waals surface area contributed by atoms with Gasteiger partial charge in [0.1, 0.15) is 11.3 Å². The summed E-state index contributed by atoms with van der Waals surface area (Å²) < 4.78 is 42.7. The average molecular weight is 597 g/mol. The molecule has 13 heteroatoms. The standard InChI is InChI=1S/C26H27ClN2O5.C2HF3O2/c1-4-28-23(30)20-21(24(28)31)26(25(32)34-3)11-6-12-29(26)22(20)16-9-10-18(19(14-16)33-2)15-7-5-8-17(27)13-15;3-2(4,5)1(6)7/h5,7-10,13-14,20-22H,4,6,11-12H2,1-3H3;(H,6,7)/t20?,21?,22?,26-;/m0./s1. The van der Waals surface area contributed by atoms with E-state index in [1.165, 1.54) is 12.0 Å². The van der Waals surface area contributed by atoms with Gasteiger partial charge in [-0.05, 0) is 55.6 Å². The molecule has 1 N–H and O–H groups in total. The fourth-order valence-corrected chi connectivity index (χ4v) is 6.55. The maximum absolute atomic E-state index is 13.5. The van der Waals surface area contributed by atoms with Crippen LogP contribution in [0.4, 0.5) is 13.2 Å². The molecule has 0 bridgehead atoms. The zero-order chi connectivity index (χ0) is 30.3. The number of alkyl halides is 3. The van der Waals surface area contributed by atoms with E-state index < -0.39 is 41.5 Å². The number of benzene rings is 2. The number of ether oxygens (including phenoxy) is 2. The van der Waals surface area contributed by atoms with Gasteiger partial charge in [-0.15, -0.1) is 0 Å². The number of amides is 2. The van der Waals surface area contributed by atoms with Crippen LogP contribution in [-0.4, -0.2) is 77.7 Å². The molecule has 3 aliphatic heterocycles. The Balaban J connectivity index is 0.000000493. The van der Waals surface area contributed by atoms with E-state index in [0.717, 1.165) is 23.1 Å². The van der Waals surface area contributed by atoms with Crippen molar-refractivity contribution in [1.82, 2.24) is 9.80 Å². The summed E-state index contributed by atoms with van der Waals surface area (Å²) in [4.78, 5) is 52.3. The van der Waals surface area contributed by atoms with Crippen LogP contribution in [0, 0.1) is 11.8 Å². The van der Waals surface area contributed by atoms with Crippen molar-refractivity contribution in [1.29, 1.82) is 0 Å². The number of rotatable bonds is 5. The number of esters is 1. The van der Waals surface area contributed by atoms with Gasteiger partial charge in [0, 0.05) is 23.2 Å². The van der Waals surface area contributed by atoms with Crippen LogP contribution in [-0.2, 0) is 23.9 Å². The molecule has 4 atom stereocenters. The number of aliphatic carboxylic acids is 1. The first kappa shape index (κ1) is 30.3. The molecule has 0 spiro atoms. The van der Waals surface area contributed by atoms with Crippen molar-refractivity contribution in [3.63, 3.8) is 0 Å². The molecule has 0 saturated carbocycles. The van der Waals surface area contributed by atoms with Crippen molar-refractivity contribution in [2.75, 3.05) is 27.3 Å². The third kappa shape index (κ3) is 5.03. The lowest BCUT2D eigenvalue weighted by Crippen LogP contribution is -2.54. The van der Waals surface area contributed by atoms with Crippen molar-refractivity contribution in [2.45, 2.75) is 37.5 Å². The zero-order valence-corrected chi connectivity index (χ0v) is 23.2. The van der Waals surface area contributed by atoms with Gasteiger partial charge in [0.25, 0.3) is 0 Å². The smallest absolute Gasteiger partial charge is 0.490 e. The Labute approximate surface area is 238 Å². The number of halogens is 4. The molecule has 3 fully saturated rings. The molecular formula is C28H28ClF3N2O7. The second kappa shape index (κ2) is 11.3. The molecule has 3 aliphatic rings. The highest BCUT2D eigenvalue weighted by molar-refractivity contribution is 6.30. The third-order valence-corrected chi connectivity index (χ3v) is 8.14. The second-order valence-corrected chi connectivity index (χ2v) is 10.3. The predicted octanol–water partition coefficient (Wildman–Crippen LogP) is 4.33. The van der Waals surface area contributed by atoms with Crippen LogP contribution < -0.4 is 4.74 Å². The monoisotopic (exact) mass is 596 g/mol. The van der Waals surface area contributed by atoms with Crippen molar-refractivity contribution in [2.24, 2.45) is 11.8 Å². The summed E-state index contributed by atoms with van der Waals surface area (Å²) in [5, 5.41) is 7.75. The summed E-state index contributed by atoms with van der Waals surface area (Å²) in [7, 11) is 2.94. The van der Waals surface area contributed by atoms with E-state index >= 15 is 0 Å². The van der Waals surface area contributed by atoms with Gasteiger partial charge in [-0.3, -0.25) is 24.2 Å². The Morgan fingerprint density at radius 3 is 2.37 bits per heavy atom. The van der Waals surface area contributed by atoms with Crippen LogP contribution in [0.2, 0.25) is 5.02 Å². The van der Waals surface area contributed by atoms with Gasteiger partial charge in [-0.1, -0.05) is 35.9 Å². The van der Waals surface area contributed by atoms with Gasteiger partial charge in [-0.25, -0.2) is 4.79 Å². The first-order valence-corrected chi connectivity index (χ1v) is 13.2. The quantitative estimate of drug-likeness (QED) is 0.401. The van der Waals surface area contributed by atoms with Gasteiger partial charge in [0.05, 0.1) is 26.1 Å².